The summed E-state index contributed by atoms with van der Waals surface area (Å²) in [5, 5.41) is 9.00. The van der Waals surface area contributed by atoms with Crippen LogP contribution in [0.2, 0.25) is 0 Å². The molecule has 2 aromatic rings. The molecular weight excluding hydrogens is 444 g/mol. The Labute approximate surface area is 178 Å². The predicted molar refractivity (Wildman–Crippen MR) is 99.4 cm³/mol. The van der Waals surface area contributed by atoms with Crippen LogP contribution in [0.5, 0.6) is 11.5 Å². The molecule has 0 saturated heterocycles. The molecule has 0 unspecified atom stereocenters. The number of alkyl halides is 6. The predicted octanol–water partition coefficient (Wildman–Crippen LogP) is 5.39. The molecule has 2 rings (SSSR count). The van der Waals surface area contributed by atoms with Gasteiger partial charge in [0.15, 0.2) is 11.5 Å². The number of carbonyl (C=O) groups is 1. The quantitative estimate of drug-likeness (QED) is 0.251. The first-order chi connectivity index (χ1) is 14.9. The van der Waals surface area contributed by atoms with Crippen molar-refractivity contribution < 1.29 is 45.3 Å². The summed E-state index contributed by atoms with van der Waals surface area (Å²) < 4.78 is 93.1. The lowest BCUT2D eigenvalue weighted by Crippen LogP contribution is -2.14. The van der Waals surface area contributed by atoms with Gasteiger partial charge >= 0.3 is 18.3 Å². The van der Waals surface area contributed by atoms with Crippen LogP contribution in [0.4, 0.5) is 26.3 Å². The van der Waals surface area contributed by atoms with E-state index in [9.17, 15) is 31.1 Å². The van der Waals surface area contributed by atoms with Crippen LogP contribution < -0.4 is 9.47 Å². The Morgan fingerprint density at radius 1 is 1.00 bits per heavy atom. The van der Waals surface area contributed by atoms with Gasteiger partial charge in [0, 0.05) is 5.56 Å². The van der Waals surface area contributed by atoms with E-state index in [0.29, 0.717) is 17.7 Å². The fourth-order valence-corrected chi connectivity index (χ4v) is 2.60. The second kappa shape index (κ2) is 9.64. The van der Waals surface area contributed by atoms with E-state index in [0.717, 1.165) is 7.11 Å². The summed E-state index contributed by atoms with van der Waals surface area (Å²) in [6, 6.07) is 6.99. The second-order valence-corrected chi connectivity index (χ2v) is 6.23. The van der Waals surface area contributed by atoms with Gasteiger partial charge in [0.1, 0.15) is 18.2 Å². The first-order valence-electron chi connectivity index (χ1n) is 8.69. The summed E-state index contributed by atoms with van der Waals surface area (Å²) in [5.41, 5.74) is -3.37. The van der Waals surface area contributed by atoms with E-state index in [2.05, 4.69) is 4.74 Å². The van der Waals surface area contributed by atoms with E-state index in [1.54, 1.807) is 6.07 Å². The van der Waals surface area contributed by atoms with Gasteiger partial charge in [0.05, 0.1) is 25.3 Å². The first kappa shape index (κ1) is 24.6. The van der Waals surface area contributed by atoms with Gasteiger partial charge < -0.3 is 14.2 Å². The van der Waals surface area contributed by atoms with Crippen LogP contribution in [-0.4, -0.2) is 20.2 Å². The first-order valence-corrected chi connectivity index (χ1v) is 8.69. The summed E-state index contributed by atoms with van der Waals surface area (Å²) >= 11 is 0. The molecule has 0 heterocycles. The third-order valence-electron chi connectivity index (χ3n) is 4.15. The fourth-order valence-electron chi connectivity index (χ4n) is 2.60. The Hall–Kier alpha value is -3.68. The Kier molecular flexibility index (Phi) is 7.40. The fraction of sp³-hybridized carbons (Fsp3) is 0.238. The minimum atomic E-state index is -5.03. The van der Waals surface area contributed by atoms with Gasteiger partial charge in [-0.2, -0.15) is 31.6 Å². The number of carbonyl (C=O) groups excluding carboxylic acids is 1. The summed E-state index contributed by atoms with van der Waals surface area (Å²) in [6.07, 6.45) is -8.76. The Bertz CT molecular complexity index is 1070. The van der Waals surface area contributed by atoms with Gasteiger partial charge in [-0.05, 0) is 35.9 Å². The minimum Gasteiger partial charge on any atom is -0.493 e. The number of hydrogen-bond donors (Lipinski definition) is 0. The van der Waals surface area contributed by atoms with Gasteiger partial charge in [-0.3, -0.25) is 0 Å². The lowest BCUT2D eigenvalue weighted by atomic mass is 10.0. The van der Waals surface area contributed by atoms with Gasteiger partial charge in [-0.1, -0.05) is 12.1 Å². The zero-order valence-corrected chi connectivity index (χ0v) is 16.6. The van der Waals surface area contributed by atoms with Crippen molar-refractivity contribution in [2.24, 2.45) is 0 Å². The SMILES string of the molecule is COC(=O)/C(C#N)=C/c1ccc(OCc2ccc(C(F)(F)F)cc2C(F)(F)F)c(OC)c1. The van der Waals surface area contributed by atoms with Crippen molar-refractivity contribution in [2.45, 2.75) is 19.0 Å². The van der Waals surface area contributed by atoms with Gasteiger partial charge in [-0.25, -0.2) is 4.79 Å². The van der Waals surface area contributed by atoms with Crippen molar-refractivity contribution in [3.8, 4) is 17.6 Å². The van der Waals surface area contributed by atoms with Crippen LogP contribution in [-0.2, 0) is 28.5 Å². The Morgan fingerprint density at radius 2 is 1.69 bits per heavy atom. The molecule has 11 heteroatoms. The summed E-state index contributed by atoms with van der Waals surface area (Å²) in [7, 11) is 2.35. The molecule has 0 N–H and O–H groups in total. The Morgan fingerprint density at radius 3 is 2.22 bits per heavy atom. The lowest BCUT2D eigenvalue weighted by molar-refractivity contribution is -0.143. The molecule has 0 atom stereocenters. The normalized spacial score (nSPS) is 12.2. The Balaban J connectivity index is 2.34. The molecule has 32 heavy (non-hydrogen) atoms. The molecule has 170 valence electrons. The molecule has 0 fully saturated rings. The summed E-state index contributed by atoms with van der Waals surface area (Å²) in [4.78, 5) is 11.5. The van der Waals surface area contributed by atoms with Crippen LogP contribution in [0.3, 0.4) is 0 Å². The van der Waals surface area contributed by atoms with Crippen molar-refractivity contribution >= 4 is 12.0 Å². The van der Waals surface area contributed by atoms with E-state index >= 15 is 0 Å². The number of halogens is 6. The highest BCUT2D eigenvalue weighted by molar-refractivity contribution is 5.97. The van der Waals surface area contributed by atoms with Crippen molar-refractivity contribution in [1.29, 1.82) is 5.26 Å². The second-order valence-electron chi connectivity index (χ2n) is 6.23. The number of esters is 1. The molecule has 0 saturated carbocycles. The molecule has 0 radical (unpaired) electrons. The van der Waals surface area contributed by atoms with Crippen LogP contribution >= 0.6 is 0 Å². The number of rotatable bonds is 6. The number of nitriles is 1. The van der Waals surface area contributed by atoms with Crippen LogP contribution in [0.25, 0.3) is 6.08 Å². The van der Waals surface area contributed by atoms with Gasteiger partial charge in [-0.15, -0.1) is 0 Å². The molecule has 0 amide bonds. The van der Waals surface area contributed by atoms with E-state index in [1.165, 1.54) is 31.4 Å². The molecule has 2 aromatic carbocycles. The van der Waals surface area contributed by atoms with E-state index < -0.39 is 41.6 Å². The maximum absolute atomic E-state index is 13.3. The third-order valence-corrected chi connectivity index (χ3v) is 4.15. The highest BCUT2D eigenvalue weighted by Crippen LogP contribution is 2.38. The lowest BCUT2D eigenvalue weighted by Gasteiger charge is -2.17. The van der Waals surface area contributed by atoms with Crippen molar-refractivity contribution in [2.75, 3.05) is 14.2 Å². The maximum Gasteiger partial charge on any atom is 0.416 e. The highest BCUT2D eigenvalue weighted by Gasteiger charge is 2.38. The molecule has 0 aliphatic heterocycles. The van der Waals surface area contributed by atoms with Crippen molar-refractivity contribution in [3.63, 3.8) is 0 Å². The molecule has 0 aliphatic carbocycles. The van der Waals surface area contributed by atoms with Gasteiger partial charge in [0.25, 0.3) is 0 Å². The molecule has 0 aromatic heterocycles. The highest BCUT2D eigenvalue weighted by atomic mass is 19.4. The molecule has 0 bridgehead atoms. The maximum atomic E-state index is 13.3. The molecule has 5 nitrogen and oxygen atoms in total. The molecule has 0 aliphatic rings. The average molecular weight is 459 g/mol. The summed E-state index contributed by atoms with van der Waals surface area (Å²) in [5.74, 6) is -0.815. The van der Waals surface area contributed by atoms with E-state index in [-0.39, 0.29) is 23.1 Å². The number of methoxy groups -OCH3 is 2. The molecular formula is C21H15F6NO4. The van der Waals surface area contributed by atoms with Crippen LogP contribution in [0, 0.1) is 11.3 Å². The molecule has 0 spiro atoms. The third kappa shape index (κ3) is 5.94. The van der Waals surface area contributed by atoms with Crippen molar-refractivity contribution in [1.82, 2.24) is 0 Å². The minimum absolute atomic E-state index is 0.00533. The zero-order valence-electron chi connectivity index (χ0n) is 16.6. The monoisotopic (exact) mass is 459 g/mol. The zero-order chi connectivity index (χ0) is 24.1. The topological polar surface area (TPSA) is 68.6 Å². The summed E-state index contributed by atoms with van der Waals surface area (Å²) in [6.45, 7) is -0.690. The van der Waals surface area contributed by atoms with Crippen LogP contribution in [0.1, 0.15) is 22.3 Å². The van der Waals surface area contributed by atoms with E-state index in [1.807, 2.05) is 0 Å². The van der Waals surface area contributed by atoms with Crippen molar-refractivity contribution in [3.05, 3.63) is 64.2 Å². The number of hydrogen-bond acceptors (Lipinski definition) is 5. The van der Waals surface area contributed by atoms with Crippen LogP contribution in [0.15, 0.2) is 42.0 Å². The number of nitrogens with zero attached hydrogens (tertiary/aromatic N) is 1. The average Bonchev–Trinajstić information content (AvgIpc) is 2.74. The smallest absolute Gasteiger partial charge is 0.416 e. The standard InChI is InChI=1S/C21H15F6NO4/c1-30-18-8-12(7-14(10-28)19(29)31-2)3-6-17(18)32-11-13-4-5-15(20(22,23)24)9-16(13)21(25,26)27/h3-9H,11H2,1-2H3/b14-7+. The largest absolute Gasteiger partial charge is 0.493 e. The van der Waals surface area contributed by atoms with E-state index in [4.69, 9.17) is 14.7 Å². The number of benzene rings is 2. The number of ether oxygens (including phenoxy) is 3. The van der Waals surface area contributed by atoms with Gasteiger partial charge in [0.2, 0.25) is 0 Å².